The zero-order valence-electron chi connectivity index (χ0n) is 14.2. The van der Waals surface area contributed by atoms with Gasteiger partial charge < -0.3 is 9.80 Å². The summed E-state index contributed by atoms with van der Waals surface area (Å²) in [7, 11) is 0. The van der Waals surface area contributed by atoms with Crippen molar-refractivity contribution in [3.8, 4) is 11.4 Å². The first kappa shape index (κ1) is 17.6. The summed E-state index contributed by atoms with van der Waals surface area (Å²) in [5.74, 6) is 0.937. The number of carbonyl (C=O) groups excluding carboxylic acids is 1. The van der Waals surface area contributed by atoms with Crippen molar-refractivity contribution in [1.82, 2.24) is 14.9 Å². The maximum atomic E-state index is 13.5. The van der Waals surface area contributed by atoms with Gasteiger partial charge >= 0.3 is 0 Å². The van der Waals surface area contributed by atoms with E-state index in [1.807, 2.05) is 13.0 Å². The number of alkyl halides is 1. The third-order valence-electron chi connectivity index (χ3n) is 4.18. The van der Waals surface area contributed by atoms with Crippen molar-refractivity contribution in [3.05, 3.63) is 41.8 Å². The number of hydrogen-bond donors (Lipinski definition) is 0. The maximum absolute atomic E-state index is 13.5. The van der Waals surface area contributed by atoms with E-state index in [1.54, 1.807) is 24.0 Å². The predicted octanol–water partition coefficient (Wildman–Crippen LogP) is 2.87. The SMILES string of the molecule is Cc1cc(N2CCN(C(=O)C(C)Cl)CC2)nc(-c2cccc(F)c2)n1. The summed E-state index contributed by atoms with van der Waals surface area (Å²) < 4.78 is 13.5. The molecule has 1 fully saturated rings. The summed E-state index contributed by atoms with van der Waals surface area (Å²) in [4.78, 5) is 24.9. The van der Waals surface area contributed by atoms with Crippen molar-refractivity contribution < 1.29 is 9.18 Å². The van der Waals surface area contributed by atoms with Crippen LogP contribution in [-0.4, -0.2) is 52.3 Å². The quantitative estimate of drug-likeness (QED) is 0.788. The van der Waals surface area contributed by atoms with Crippen LogP contribution in [-0.2, 0) is 4.79 Å². The van der Waals surface area contributed by atoms with Crippen molar-refractivity contribution in [2.24, 2.45) is 0 Å². The normalized spacial score (nSPS) is 16.0. The molecule has 0 bridgehead atoms. The summed E-state index contributed by atoms with van der Waals surface area (Å²) in [6, 6.07) is 8.17. The molecule has 7 heteroatoms. The Kier molecular flexibility index (Phi) is 5.18. The number of benzene rings is 1. The van der Waals surface area contributed by atoms with Crippen molar-refractivity contribution >= 4 is 23.3 Å². The molecule has 1 amide bonds. The molecule has 1 aliphatic rings. The van der Waals surface area contributed by atoms with Gasteiger partial charge in [-0.25, -0.2) is 14.4 Å². The number of halogens is 2. The molecule has 1 unspecified atom stereocenters. The van der Waals surface area contributed by atoms with Crippen molar-refractivity contribution in [1.29, 1.82) is 0 Å². The number of piperazine rings is 1. The molecule has 1 aliphatic heterocycles. The molecule has 0 N–H and O–H groups in total. The molecule has 132 valence electrons. The molecule has 0 saturated carbocycles. The first-order valence-electron chi connectivity index (χ1n) is 8.23. The van der Waals surface area contributed by atoms with Crippen LogP contribution in [0.2, 0.25) is 0 Å². The molecular formula is C18H20ClFN4O. The van der Waals surface area contributed by atoms with Crippen molar-refractivity contribution in [3.63, 3.8) is 0 Å². The average molecular weight is 363 g/mol. The van der Waals surface area contributed by atoms with Crippen LogP contribution in [0.5, 0.6) is 0 Å². The third kappa shape index (κ3) is 4.07. The Bertz CT molecular complexity index is 775. The fraction of sp³-hybridized carbons (Fsp3) is 0.389. The lowest BCUT2D eigenvalue weighted by Crippen LogP contribution is -2.50. The number of carbonyl (C=O) groups is 1. The lowest BCUT2D eigenvalue weighted by molar-refractivity contribution is -0.130. The fourth-order valence-corrected chi connectivity index (χ4v) is 3.02. The van der Waals surface area contributed by atoms with E-state index in [4.69, 9.17) is 11.6 Å². The maximum Gasteiger partial charge on any atom is 0.240 e. The Morgan fingerprint density at radius 1 is 1.20 bits per heavy atom. The number of rotatable bonds is 3. The largest absolute Gasteiger partial charge is 0.353 e. The molecular weight excluding hydrogens is 343 g/mol. The highest BCUT2D eigenvalue weighted by atomic mass is 35.5. The number of aryl methyl sites for hydroxylation is 1. The Balaban J connectivity index is 1.79. The van der Waals surface area contributed by atoms with E-state index in [2.05, 4.69) is 14.9 Å². The van der Waals surface area contributed by atoms with Crippen molar-refractivity contribution in [2.75, 3.05) is 31.1 Å². The van der Waals surface area contributed by atoms with Gasteiger partial charge in [0.25, 0.3) is 0 Å². The van der Waals surface area contributed by atoms with Gasteiger partial charge in [0, 0.05) is 43.5 Å². The Labute approximate surface area is 151 Å². The molecule has 25 heavy (non-hydrogen) atoms. The van der Waals surface area contributed by atoms with Gasteiger partial charge in [-0.2, -0.15) is 0 Å². The average Bonchev–Trinajstić information content (AvgIpc) is 2.60. The molecule has 1 aromatic heterocycles. The molecule has 0 radical (unpaired) electrons. The minimum atomic E-state index is -0.507. The highest BCUT2D eigenvalue weighted by Gasteiger charge is 2.24. The highest BCUT2D eigenvalue weighted by molar-refractivity contribution is 6.30. The van der Waals surface area contributed by atoms with Crippen LogP contribution in [0, 0.1) is 12.7 Å². The van der Waals surface area contributed by atoms with Gasteiger partial charge in [-0.3, -0.25) is 4.79 Å². The molecule has 0 spiro atoms. The zero-order valence-corrected chi connectivity index (χ0v) is 15.0. The van der Waals surface area contributed by atoms with Crippen LogP contribution in [0.1, 0.15) is 12.6 Å². The zero-order chi connectivity index (χ0) is 18.0. The van der Waals surface area contributed by atoms with Gasteiger partial charge in [0.2, 0.25) is 5.91 Å². The monoisotopic (exact) mass is 362 g/mol. The number of aromatic nitrogens is 2. The molecule has 3 rings (SSSR count). The number of anilines is 1. The summed E-state index contributed by atoms with van der Waals surface area (Å²) in [5, 5.41) is -0.507. The minimum Gasteiger partial charge on any atom is -0.353 e. The Hall–Kier alpha value is -2.21. The van der Waals surface area contributed by atoms with Gasteiger partial charge in [-0.15, -0.1) is 11.6 Å². The summed E-state index contributed by atoms with van der Waals surface area (Å²) in [6.07, 6.45) is 0. The summed E-state index contributed by atoms with van der Waals surface area (Å²) in [5.41, 5.74) is 1.46. The van der Waals surface area contributed by atoms with Gasteiger partial charge in [0.15, 0.2) is 5.82 Å². The molecule has 1 aromatic carbocycles. The van der Waals surface area contributed by atoms with E-state index < -0.39 is 5.38 Å². The molecule has 1 atom stereocenters. The fourth-order valence-electron chi connectivity index (χ4n) is 2.88. The van der Waals surface area contributed by atoms with E-state index in [0.29, 0.717) is 37.6 Å². The standard InChI is InChI=1S/C18H20ClFN4O/c1-12-10-16(22-17(21-12)14-4-3-5-15(20)11-14)23-6-8-24(9-7-23)18(25)13(2)19/h3-5,10-11,13H,6-9H2,1-2H3. The van der Waals surface area contributed by atoms with Crippen LogP contribution < -0.4 is 4.90 Å². The Morgan fingerprint density at radius 2 is 1.92 bits per heavy atom. The van der Waals surface area contributed by atoms with Crippen molar-refractivity contribution in [2.45, 2.75) is 19.2 Å². The van der Waals surface area contributed by atoms with E-state index in [0.717, 1.165) is 11.5 Å². The van der Waals surface area contributed by atoms with Crippen LogP contribution >= 0.6 is 11.6 Å². The van der Waals surface area contributed by atoms with Crippen LogP contribution in [0.4, 0.5) is 10.2 Å². The lowest BCUT2D eigenvalue weighted by Gasteiger charge is -2.36. The predicted molar refractivity (Wildman–Crippen MR) is 96.3 cm³/mol. The van der Waals surface area contributed by atoms with Crippen LogP contribution in [0.3, 0.4) is 0 Å². The van der Waals surface area contributed by atoms with Crippen LogP contribution in [0.15, 0.2) is 30.3 Å². The molecule has 5 nitrogen and oxygen atoms in total. The van der Waals surface area contributed by atoms with E-state index in [1.165, 1.54) is 12.1 Å². The second kappa shape index (κ2) is 7.35. The topological polar surface area (TPSA) is 49.3 Å². The highest BCUT2D eigenvalue weighted by Crippen LogP contribution is 2.22. The first-order chi connectivity index (χ1) is 11.9. The second-order valence-electron chi connectivity index (χ2n) is 6.13. The first-order valence-corrected chi connectivity index (χ1v) is 8.67. The van der Waals surface area contributed by atoms with Gasteiger partial charge in [-0.05, 0) is 26.0 Å². The van der Waals surface area contributed by atoms with E-state index >= 15 is 0 Å². The van der Waals surface area contributed by atoms with E-state index in [9.17, 15) is 9.18 Å². The van der Waals surface area contributed by atoms with E-state index in [-0.39, 0.29) is 11.7 Å². The van der Waals surface area contributed by atoms with Gasteiger partial charge in [0.1, 0.15) is 17.0 Å². The smallest absolute Gasteiger partial charge is 0.240 e. The molecule has 2 aromatic rings. The Morgan fingerprint density at radius 3 is 2.56 bits per heavy atom. The summed E-state index contributed by atoms with van der Waals surface area (Å²) >= 11 is 5.88. The molecule has 2 heterocycles. The number of nitrogens with zero attached hydrogens (tertiary/aromatic N) is 4. The molecule has 1 saturated heterocycles. The minimum absolute atomic E-state index is 0.0411. The third-order valence-corrected chi connectivity index (χ3v) is 4.37. The number of hydrogen-bond acceptors (Lipinski definition) is 4. The van der Waals surface area contributed by atoms with Gasteiger partial charge in [0.05, 0.1) is 0 Å². The lowest BCUT2D eigenvalue weighted by atomic mass is 10.2. The van der Waals surface area contributed by atoms with Gasteiger partial charge in [-0.1, -0.05) is 12.1 Å². The van der Waals surface area contributed by atoms with Crippen LogP contribution in [0.25, 0.3) is 11.4 Å². The molecule has 0 aliphatic carbocycles. The second-order valence-corrected chi connectivity index (χ2v) is 6.78. The summed E-state index contributed by atoms with van der Waals surface area (Å²) in [6.45, 7) is 6.14. The number of amides is 1.